The van der Waals surface area contributed by atoms with Gasteiger partial charge in [-0.2, -0.15) is 11.8 Å². The molecule has 1 aliphatic carbocycles. The molecule has 0 aromatic carbocycles. The SMILES string of the molecule is C1CNCC2(CC2)CSC1. The standard InChI is InChI=1S/C8H15NS/c1-4-9-6-8(2-3-8)7-10-5-1/h9H,1-7H2. The van der Waals surface area contributed by atoms with Crippen LogP contribution in [0, 0.1) is 5.41 Å². The molecule has 2 fully saturated rings. The molecular formula is C8H15NS. The average Bonchev–Trinajstić information content (AvgIpc) is 2.61. The Labute approximate surface area is 67.0 Å². The van der Waals surface area contributed by atoms with E-state index in [1.165, 1.54) is 43.9 Å². The van der Waals surface area contributed by atoms with Crippen molar-refractivity contribution in [2.24, 2.45) is 5.41 Å². The van der Waals surface area contributed by atoms with E-state index in [-0.39, 0.29) is 0 Å². The zero-order valence-corrected chi connectivity index (χ0v) is 7.17. The molecule has 0 aromatic heterocycles. The van der Waals surface area contributed by atoms with Gasteiger partial charge in [-0.05, 0) is 37.0 Å². The minimum atomic E-state index is 0.755. The first-order valence-corrected chi connectivity index (χ1v) is 5.35. The first kappa shape index (κ1) is 6.99. The van der Waals surface area contributed by atoms with Crippen molar-refractivity contribution in [2.75, 3.05) is 24.6 Å². The van der Waals surface area contributed by atoms with Crippen LogP contribution in [0.3, 0.4) is 0 Å². The van der Waals surface area contributed by atoms with Crippen LogP contribution < -0.4 is 5.32 Å². The summed E-state index contributed by atoms with van der Waals surface area (Å²) in [7, 11) is 0. The summed E-state index contributed by atoms with van der Waals surface area (Å²) < 4.78 is 0. The lowest BCUT2D eigenvalue weighted by molar-refractivity contribution is 0.501. The van der Waals surface area contributed by atoms with Crippen LogP contribution >= 0.6 is 11.8 Å². The third-order valence-corrected chi connectivity index (χ3v) is 3.90. The maximum absolute atomic E-state index is 3.53. The summed E-state index contributed by atoms with van der Waals surface area (Å²) in [5, 5.41) is 3.53. The topological polar surface area (TPSA) is 12.0 Å². The lowest BCUT2D eigenvalue weighted by atomic mass is 10.1. The number of hydrogen-bond donors (Lipinski definition) is 1. The minimum absolute atomic E-state index is 0.755. The van der Waals surface area contributed by atoms with Gasteiger partial charge in [-0.1, -0.05) is 0 Å². The molecule has 0 amide bonds. The maximum atomic E-state index is 3.53. The normalized spacial score (nSPS) is 31.2. The predicted octanol–water partition coefficient (Wildman–Crippen LogP) is 1.49. The zero-order chi connectivity index (χ0) is 6.86. The van der Waals surface area contributed by atoms with Gasteiger partial charge in [-0.3, -0.25) is 0 Å². The third-order valence-electron chi connectivity index (χ3n) is 2.51. The summed E-state index contributed by atoms with van der Waals surface area (Å²) in [6.45, 7) is 2.54. The van der Waals surface area contributed by atoms with Crippen LogP contribution in [0.15, 0.2) is 0 Å². The van der Waals surface area contributed by atoms with Crippen LogP contribution in [0.4, 0.5) is 0 Å². The largest absolute Gasteiger partial charge is 0.316 e. The second-order valence-electron chi connectivity index (χ2n) is 3.58. The van der Waals surface area contributed by atoms with Crippen LogP contribution in [0.1, 0.15) is 19.3 Å². The molecule has 0 aromatic rings. The first-order valence-electron chi connectivity index (χ1n) is 4.20. The van der Waals surface area contributed by atoms with Gasteiger partial charge in [-0.25, -0.2) is 0 Å². The smallest absolute Gasteiger partial charge is 0.00157 e. The maximum Gasteiger partial charge on any atom is 0.00157 e. The van der Waals surface area contributed by atoms with Gasteiger partial charge in [0.2, 0.25) is 0 Å². The van der Waals surface area contributed by atoms with Gasteiger partial charge >= 0.3 is 0 Å². The van der Waals surface area contributed by atoms with E-state index < -0.39 is 0 Å². The predicted molar refractivity (Wildman–Crippen MR) is 46.5 cm³/mol. The average molecular weight is 157 g/mol. The van der Waals surface area contributed by atoms with Crippen molar-refractivity contribution in [3.05, 3.63) is 0 Å². The molecule has 2 rings (SSSR count). The van der Waals surface area contributed by atoms with Gasteiger partial charge in [-0.15, -0.1) is 0 Å². The van der Waals surface area contributed by atoms with E-state index in [0.29, 0.717) is 0 Å². The van der Waals surface area contributed by atoms with E-state index in [9.17, 15) is 0 Å². The van der Waals surface area contributed by atoms with Gasteiger partial charge in [0, 0.05) is 12.3 Å². The summed E-state index contributed by atoms with van der Waals surface area (Å²) in [5.41, 5.74) is 0.755. The molecule has 2 heteroatoms. The Morgan fingerprint density at radius 3 is 3.00 bits per heavy atom. The van der Waals surface area contributed by atoms with Gasteiger partial charge in [0.05, 0.1) is 0 Å². The third kappa shape index (κ3) is 1.48. The van der Waals surface area contributed by atoms with Gasteiger partial charge in [0.1, 0.15) is 0 Å². The first-order chi connectivity index (χ1) is 4.91. The van der Waals surface area contributed by atoms with Crippen molar-refractivity contribution in [2.45, 2.75) is 19.3 Å². The molecule has 1 nitrogen and oxygen atoms in total. The van der Waals surface area contributed by atoms with Crippen LogP contribution in [0.5, 0.6) is 0 Å². The van der Waals surface area contributed by atoms with Crippen molar-refractivity contribution >= 4 is 11.8 Å². The number of thioether (sulfide) groups is 1. The summed E-state index contributed by atoms with van der Waals surface area (Å²) in [6, 6.07) is 0. The molecule has 10 heavy (non-hydrogen) atoms. The Morgan fingerprint density at radius 1 is 1.30 bits per heavy atom. The molecule has 1 spiro atoms. The van der Waals surface area contributed by atoms with Gasteiger partial charge < -0.3 is 5.32 Å². The second kappa shape index (κ2) is 2.74. The monoisotopic (exact) mass is 157 g/mol. The Kier molecular flexibility index (Phi) is 1.92. The lowest BCUT2D eigenvalue weighted by Crippen LogP contribution is -2.28. The van der Waals surface area contributed by atoms with Gasteiger partial charge in [0.15, 0.2) is 0 Å². The fourth-order valence-electron chi connectivity index (χ4n) is 1.49. The summed E-state index contributed by atoms with van der Waals surface area (Å²) in [4.78, 5) is 0. The molecule has 2 aliphatic rings. The molecule has 1 N–H and O–H groups in total. The van der Waals surface area contributed by atoms with E-state index in [4.69, 9.17) is 0 Å². The van der Waals surface area contributed by atoms with E-state index in [1.807, 2.05) is 0 Å². The quantitative estimate of drug-likeness (QED) is 0.572. The highest BCUT2D eigenvalue weighted by Crippen LogP contribution is 2.47. The Morgan fingerprint density at radius 2 is 2.20 bits per heavy atom. The molecule has 1 saturated heterocycles. The van der Waals surface area contributed by atoms with Crippen LogP contribution in [-0.2, 0) is 0 Å². The molecule has 0 radical (unpaired) electrons. The van der Waals surface area contributed by atoms with Crippen LogP contribution in [0.2, 0.25) is 0 Å². The highest BCUT2D eigenvalue weighted by Gasteiger charge is 2.41. The second-order valence-corrected chi connectivity index (χ2v) is 4.69. The van der Waals surface area contributed by atoms with Crippen molar-refractivity contribution in [3.8, 4) is 0 Å². The van der Waals surface area contributed by atoms with E-state index in [2.05, 4.69) is 17.1 Å². The summed E-state index contributed by atoms with van der Waals surface area (Å²) >= 11 is 2.16. The van der Waals surface area contributed by atoms with E-state index >= 15 is 0 Å². The van der Waals surface area contributed by atoms with Crippen molar-refractivity contribution in [1.29, 1.82) is 0 Å². The molecule has 1 saturated carbocycles. The highest BCUT2D eigenvalue weighted by atomic mass is 32.2. The fraction of sp³-hybridized carbons (Fsp3) is 1.00. The van der Waals surface area contributed by atoms with Crippen LogP contribution in [0.25, 0.3) is 0 Å². The molecule has 1 aliphatic heterocycles. The summed E-state index contributed by atoms with van der Waals surface area (Å²) in [6.07, 6.45) is 4.32. The molecule has 1 heterocycles. The minimum Gasteiger partial charge on any atom is -0.316 e. The number of nitrogens with one attached hydrogen (secondary N) is 1. The molecule has 0 atom stereocenters. The highest BCUT2D eigenvalue weighted by molar-refractivity contribution is 7.99. The molecular weight excluding hydrogens is 142 g/mol. The Hall–Kier alpha value is 0.310. The lowest BCUT2D eigenvalue weighted by Gasteiger charge is -2.18. The van der Waals surface area contributed by atoms with E-state index in [1.54, 1.807) is 0 Å². The molecule has 58 valence electrons. The summed E-state index contributed by atoms with van der Waals surface area (Å²) in [5.74, 6) is 2.79. The molecule has 0 unspecified atom stereocenters. The Balaban J connectivity index is 1.84. The van der Waals surface area contributed by atoms with Crippen molar-refractivity contribution < 1.29 is 0 Å². The van der Waals surface area contributed by atoms with Crippen LogP contribution in [-0.4, -0.2) is 24.6 Å². The fourth-order valence-corrected chi connectivity index (χ4v) is 2.81. The molecule has 0 bridgehead atoms. The van der Waals surface area contributed by atoms with E-state index in [0.717, 1.165) is 5.41 Å². The number of rotatable bonds is 0. The van der Waals surface area contributed by atoms with Crippen molar-refractivity contribution in [1.82, 2.24) is 5.32 Å². The Bertz CT molecular complexity index is 110. The van der Waals surface area contributed by atoms with Crippen molar-refractivity contribution in [3.63, 3.8) is 0 Å². The number of hydrogen-bond acceptors (Lipinski definition) is 2. The zero-order valence-electron chi connectivity index (χ0n) is 6.36. The van der Waals surface area contributed by atoms with Gasteiger partial charge in [0.25, 0.3) is 0 Å².